The first-order chi connectivity index (χ1) is 7.03. The van der Waals surface area contributed by atoms with Crippen LogP contribution in [0.2, 0.25) is 0 Å². The van der Waals surface area contributed by atoms with Gasteiger partial charge in [-0.2, -0.15) is 5.10 Å². The van der Waals surface area contributed by atoms with E-state index in [2.05, 4.69) is 12.0 Å². The third-order valence-corrected chi connectivity index (χ3v) is 4.48. The lowest BCUT2D eigenvalue weighted by molar-refractivity contribution is 0.0948. The molecule has 82 valence electrons. The molecule has 0 N–H and O–H groups in total. The fourth-order valence-electron chi connectivity index (χ4n) is 2.07. The van der Waals surface area contributed by atoms with Crippen LogP contribution in [-0.2, 0) is 7.05 Å². The molecule has 1 atom stereocenters. The van der Waals surface area contributed by atoms with Gasteiger partial charge in [-0.15, -0.1) is 11.8 Å². The van der Waals surface area contributed by atoms with Gasteiger partial charge in [0.2, 0.25) is 0 Å². The number of carbonyl (C=O) groups excluding carboxylic acids is 1. The predicted octanol–water partition coefficient (Wildman–Crippen LogP) is 2.20. The molecule has 3 nitrogen and oxygen atoms in total. The Labute approximate surface area is 94.2 Å². The third kappa shape index (κ3) is 1.83. The molecule has 1 aliphatic rings. The fraction of sp³-hybridized carbons (Fsp3) is 0.636. The molecule has 1 saturated heterocycles. The molecule has 1 unspecified atom stereocenters. The summed E-state index contributed by atoms with van der Waals surface area (Å²) in [5, 5.41) is 4.22. The van der Waals surface area contributed by atoms with Crippen molar-refractivity contribution >= 4 is 17.5 Å². The summed E-state index contributed by atoms with van der Waals surface area (Å²) >= 11 is 1.78. The SMILES string of the molecule is Cc1nn(C)cc1C(=O)C1(C)CCCS1. The number of nitrogens with zero attached hydrogens (tertiary/aromatic N) is 2. The van der Waals surface area contributed by atoms with Gasteiger partial charge in [0.25, 0.3) is 0 Å². The zero-order valence-electron chi connectivity index (χ0n) is 9.41. The van der Waals surface area contributed by atoms with Crippen LogP contribution >= 0.6 is 11.8 Å². The van der Waals surface area contributed by atoms with Crippen LogP contribution < -0.4 is 0 Å². The van der Waals surface area contributed by atoms with Crippen LogP contribution in [0.25, 0.3) is 0 Å². The minimum absolute atomic E-state index is 0.214. The van der Waals surface area contributed by atoms with Gasteiger partial charge in [0.05, 0.1) is 16.0 Å². The largest absolute Gasteiger partial charge is 0.292 e. The Hall–Kier alpha value is -0.770. The van der Waals surface area contributed by atoms with Crippen molar-refractivity contribution in [3.05, 3.63) is 17.5 Å². The van der Waals surface area contributed by atoms with Gasteiger partial charge >= 0.3 is 0 Å². The van der Waals surface area contributed by atoms with E-state index in [0.717, 1.165) is 29.9 Å². The van der Waals surface area contributed by atoms with Gasteiger partial charge in [0.1, 0.15) is 0 Å². The van der Waals surface area contributed by atoms with E-state index in [1.165, 1.54) is 0 Å². The van der Waals surface area contributed by atoms with Crippen molar-refractivity contribution in [3.8, 4) is 0 Å². The van der Waals surface area contributed by atoms with Crippen molar-refractivity contribution in [1.29, 1.82) is 0 Å². The molecule has 2 rings (SSSR count). The summed E-state index contributed by atoms with van der Waals surface area (Å²) in [6.45, 7) is 3.95. The minimum atomic E-state index is -0.214. The smallest absolute Gasteiger partial charge is 0.182 e. The number of aryl methyl sites for hydroxylation is 2. The highest BCUT2D eigenvalue weighted by molar-refractivity contribution is 8.01. The molecular weight excluding hydrogens is 208 g/mol. The highest BCUT2D eigenvalue weighted by Gasteiger charge is 2.38. The second-order valence-corrected chi connectivity index (χ2v) is 5.91. The molecule has 1 fully saturated rings. The van der Waals surface area contributed by atoms with E-state index in [-0.39, 0.29) is 10.5 Å². The molecule has 2 heterocycles. The number of ketones is 1. The zero-order chi connectivity index (χ0) is 11.1. The molecule has 4 heteroatoms. The first kappa shape index (κ1) is 10.7. The number of Topliss-reactive ketones (excluding diaryl/α,β-unsaturated/α-hetero) is 1. The summed E-state index contributed by atoms with van der Waals surface area (Å²) < 4.78 is 1.50. The molecule has 0 amide bonds. The van der Waals surface area contributed by atoms with E-state index in [0.29, 0.717) is 0 Å². The Morgan fingerprint density at radius 1 is 1.67 bits per heavy atom. The summed E-state index contributed by atoms with van der Waals surface area (Å²) in [6, 6.07) is 0. The molecule has 0 bridgehead atoms. The van der Waals surface area contributed by atoms with Crippen molar-refractivity contribution in [1.82, 2.24) is 9.78 Å². The first-order valence-corrected chi connectivity index (χ1v) is 6.20. The average Bonchev–Trinajstić information content (AvgIpc) is 2.73. The first-order valence-electron chi connectivity index (χ1n) is 5.22. The lowest BCUT2D eigenvalue weighted by Gasteiger charge is -2.20. The van der Waals surface area contributed by atoms with E-state index in [9.17, 15) is 4.79 Å². The molecule has 0 aliphatic carbocycles. The van der Waals surface area contributed by atoms with Crippen LogP contribution in [0.5, 0.6) is 0 Å². The summed E-state index contributed by atoms with van der Waals surface area (Å²) in [4.78, 5) is 12.3. The van der Waals surface area contributed by atoms with Gasteiger partial charge in [-0.3, -0.25) is 9.48 Å². The van der Waals surface area contributed by atoms with Gasteiger partial charge in [-0.05, 0) is 32.4 Å². The topological polar surface area (TPSA) is 34.9 Å². The summed E-state index contributed by atoms with van der Waals surface area (Å²) in [6.07, 6.45) is 3.97. The van der Waals surface area contributed by atoms with Crippen molar-refractivity contribution in [2.45, 2.75) is 31.4 Å². The van der Waals surface area contributed by atoms with Gasteiger partial charge < -0.3 is 0 Å². The molecule has 1 aromatic heterocycles. The highest BCUT2D eigenvalue weighted by atomic mass is 32.2. The molecule has 15 heavy (non-hydrogen) atoms. The van der Waals surface area contributed by atoms with Crippen LogP contribution in [0.1, 0.15) is 35.8 Å². The Balaban J connectivity index is 2.31. The fourth-order valence-corrected chi connectivity index (χ4v) is 3.33. The number of carbonyl (C=O) groups is 1. The Kier molecular flexibility index (Phi) is 2.63. The molecule has 1 aromatic rings. The maximum atomic E-state index is 12.3. The predicted molar refractivity (Wildman–Crippen MR) is 62.4 cm³/mol. The van der Waals surface area contributed by atoms with Crippen molar-refractivity contribution in [2.75, 3.05) is 5.75 Å². The maximum absolute atomic E-state index is 12.3. The molecule has 0 saturated carbocycles. The average molecular weight is 224 g/mol. The lowest BCUT2D eigenvalue weighted by Crippen LogP contribution is -2.28. The molecule has 1 aliphatic heterocycles. The Morgan fingerprint density at radius 2 is 2.40 bits per heavy atom. The molecular formula is C11H16N2OS. The molecule has 0 aromatic carbocycles. The second kappa shape index (κ2) is 3.67. The van der Waals surface area contributed by atoms with Crippen LogP contribution in [0.3, 0.4) is 0 Å². The Morgan fingerprint density at radius 3 is 2.87 bits per heavy atom. The number of aromatic nitrogens is 2. The van der Waals surface area contributed by atoms with Crippen LogP contribution in [0.4, 0.5) is 0 Å². The second-order valence-electron chi connectivity index (χ2n) is 4.31. The van der Waals surface area contributed by atoms with E-state index >= 15 is 0 Å². The summed E-state index contributed by atoms with van der Waals surface area (Å²) in [7, 11) is 1.86. The number of thioether (sulfide) groups is 1. The lowest BCUT2D eigenvalue weighted by atomic mass is 9.95. The Bertz CT molecular complexity index is 391. The number of rotatable bonds is 2. The maximum Gasteiger partial charge on any atom is 0.182 e. The standard InChI is InChI=1S/C11H16N2OS/c1-8-9(7-13(3)12-8)10(14)11(2)5-4-6-15-11/h7H,4-6H2,1-3H3. The minimum Gasteiger partial charge on any atom is -0.292 e. The summed E-state index contributed by atoms with van der Waals surface area (Å²) in [5.74, 6) is 1.34. The number of hydrogen-bond acceptors (Lipinski definition) is 3. The van der Waals surface area contributed by atoms with E-state index in [4.69, 9.17) is 0 Å². The van der Waals surface area contributed by atoms with E-state index in [1.807, 2.05) is 20.2 Å². The summed E-state index contributed by atoms with van der Waals surface area (Å²) in [5.41, 5.74) is 1.63. The van der Waals surface area contributed by atoms with Crippen LogP contribution in [0, 0.1) is 6.92 Å². The zero-order valence-corrected chi connectivity index (χ0v) is 10.2. The van der Waals surface area contributed by atoms with E-state index < -0.39 is 0 Å². The van der Waals surface area contributed by atoms with Crippen molar-refractivity contribution < 1.29 is 4.79 Å². The van der Waals surface area contributed by atoms with Crippen LogP contribution in [-0.4, -0.2) is 26.1 Å². The van der Waals surface area contributed by atoms with Gasteiger partial charge in [-0.1, -0.05) is 0 Å². The molecule has 0 spiro atoms. The quantitative estimate of drug-likeness (QED) is 0.722. The normalized spacial score (nSPS) is 25.8. The monoisotopic (exact) mass is 224 g/mol. The number of hydrogen-bond donors (Lipinski definition) is 0. The van der Waals surface area contributed by atoms with Gasteiger partial charge in [0, 0.05) is 13.2 Å². The van der Waals surface area contributed by atoms with Crippen molar-refractivity contribution in [3.63, 3.8) is 0 Å². The van der Waals surface area contributed by atoms with E-state index in [1.54, 1.807) is 16.4 Å². The molecule has 0 radical (unpaired) electrons. The van der Waals surface area contributed by atoms with Crippen molar-refractivity contribution in [2.24, 2.45) is 7.05 Å². The third-order valence-electron chi connectivity index (χ3n) is 2.96. The van der Waals surface area contributed by atoms with Gasteiger partial charge in [-0.25, -0.2) is 0 Å². The highest BCUT2D eigenvalue weighted by Crippen LogP contribution is 2.40. The van der Waals surface area contributed by atoms with Gasteiger partial charge in [0.15, 0.2) is 5.78 Å². The van der Waals surface area contributed by atoms with Crippen LogP contribution in [0.15, 0.2) is 6.20 Å².